The van der Waals surface area contributed by atoms with E-state index in [2.05, 4.69) is 70.7 Å². The second kappa shape index (κ2) is 5.68. The molecule has 2 aromatic carbocycles. The lowest BCUT2D eigenvalue weighted by atomic mass is 9.96. The summed E-state index contributed by atoms with van der Waals surface area (Å²) >= 11 is 5.36. The minimum Gasteiger partial charge on any atom is -0.324 e. The van der Waals surface area contributed by atoms with E-state index in [-0.39, 0.29) is 6.04 Å². The first-order chi connectivity index (χ1) is 9.66. The van der Waals surface area contributed by atoms with Crippen LogP contribution in [-0.4, -0.2) is 0 Å². The summed E-state index contributed by atoms with van der Waals surface area (Å²) in [5.74, 6) is 0. The van der Waals surface area contributed by atoms with Crippen molar-refractivity contribution in [3.05, 3.63) is 69.0 Å². The lowest BCUT2D eigenvalue weighted by Crippen LogP contribution is -2.13. The summed E-state index contributed by atoms with van der Waals surface area (Å²) in [6, 6.07) is 14.8. The number of aryl methyl sites for hydroxylation is 1. The molecule has 3 heteroatoms. The second-order valence-electron chi connectivity index (χ2n) is 5.04. The van der Waals surface area contributed by atoms with Gasteiger partial charge in [-0.15, -0.1) is 11.3 Å². The third-order valence-corrected chi connectivity index (χ3v) is 5.65. The molecular formula is C17H16BrNS. The van der Waals surface area contributed by atoms with Crippen molar-refractivity contribution in [2.75, 3.05) is 0 Å². The molecule has 0 radical (unpaired) electrons. The third kappa shape index (κ3) is 2.53. The van der Waals surface area contributed by atoms with Crippen LogP contribution < -0.4 is 5.73 Å². The van der Waals surface area contributed by atoms with Crippen molar-refractivity contribution >= 4 is 37.4 Å². The number of thiophene rings is 1. The molecule has 20 heavy (non-hydrogen) atoms. The number of hydrogen-bond donors (Lipinski definition) is 1. The van der Waals surface area contributed by atoms with E-state index in [0.717, 1.165) is 10.9 Å². The Labute approximate surface area is 131 Å². The summed E-state index contributed by atoms with van der Waals surface area (Å²) in [5.41, 5.74) is 10.3. The maximum atomic E-state index is 6.45. The highest BCUT2D eigenvalue weighted by Gasteiger charge is 2.14. The number of benzene rings is 2. The normalized spacial score (nSPS) is 12.8. The molecule has 0 aliphatic heterocycles. The lowest BCUT2D eigenvalue weighted by Gasteiger charge is -2.13. The van der Waals surface area contributed by atoms with Crippen LogP contribution in [0.2, 0.25) is 0 Å². The quantitative estimate of drug-likeness (QED) is 0.692. The smallest absolute Gasteiger partial charge is 0.0488 e. The summed E-state index contributed by atoms with van der Waals surface area (Å²) in [5, 5.41) is 3.46. The van der Waals surface area contributed by atoms with E-state index in [1.165, 1.54) is 26.8 Å². The van der Waals surface area contributed by atoms with Gasteiger partial charge >= 0.3 is 0 Å². The molecule has 1 atom stereocenters. The molecular weight excluding hydrogens is 330 g/mol. The monoisotopic (exact) mass is 345 g/mol. The van der Waals surface area contributed by atoms with E-state index >= 15 is 0 Å². The average molecular weight is 346 g/mol. The zero-order chi connectivity index (χ0) is 14.1. The highest BCUT2D eigenvalue weighted by molar-refractivity contribution is 9.10. The molecule has 0 aliphatic carbocycles. The predicted octanol–water partition coefficient (Wildman–Crippen LogP) is 5.21. The molecule has 0 amide bonds. The lowest BCUT2D eigenvalue weighted by molar-refractivity contribution is 0.727. The molecule has 3 rings (SSSR count). The standard InChI is InChI=1S/C17H16BrNS/c1-11-5-2-3-6-12(11)9-16(19)14-10-20-17-13(14)7-4-8-15(17)18/h2-8,10,16H,9,19H2,1H3. The number of hydrogen-bond acceptors (Lipinski definition) is 2. The van der Waals surface area contributed by atoms with E-state index in [0.29, 0.717) is 0 Å². The van der Waals surface area contributed by atoms with Crippen LogP contribution in [0.15, 0.2) is 52.3 Å². The SMILES string of the molecule is Cc1ccccc1CC(N)c1csc2c(Br)cccc12. The van der Waals surface area contributed by atoms with Gasteiger partial charge in [0.1, 0.15) is 0 Å². The molecule has 0 saturated carbocycles. The van der Waals surface area contributed by atoms with Crippen molar-refractivity contribution in [2.45, 2.75) is 19.4 Å². The summed E-state index contributed by atoms with van der Waals surface area (Å²) in [6.45, 7) is 2.14. The summed E-state index contributed by atoms with van der Waals surface area (Å²) in [4.78, 5) is 0. The van der Waals surface area contributed by atoms with Gasteiger partial charge in [-0.2, -0.15) is 0 Å². The van der Waals surface area contributed by atoms with Crippen molar-refractivity contribution in [1.29, 1.82) is 0 Å². The number of halogens is 1. The van der Waals surface area contributed by atoms with Gasteiger partial charge < -0.3 is 5.73 Å². The number of nitrogens with two attached hydrogens (primary N) is 1. The summed E-state index contributed by atoms with van der Waals surface area (Å²) in [7, 11) is 0. The van der Waals surface area contributed by atoms with Crippen LogP contribution in [-0.2, 0) is 6.42 Å². The minimum atomic E-state index is 0.0409. The molecule has 3 aromatic rings. The highest BCUT2D eigenvalue weighted by atomic mass is 79.9. The van der Waals surface area contributed by atoms with Crippen molar-refractivity contribution in [3.8, 4) is 0 Å². The molecule has 1 aromatic heterocycles. The summed E-state index contributed by atoms with van der Waals surface area (Å²) < 4.78 is 2.43. The summed E-state index contributed by atoms with van der Waals surface area (Å²) in [6.07, 6.45) is 0.880. The molecule has 0 bridgehead atoms. The number of fused-ring (bicyclic) bond motifs is 1. The largest absolute Gasteiger partial charge is 0.324 e. The average Bonchev–Trinajstić information content (AvgIpc) is 2.87. The van der Waals surface area contributed by atoms with Crippen LogP contribution >= 0.6 is 27.3 Å². The van der Waals surface area contributed by atoms with Crippen LogP contribution in [0.25, 0.3) is 10.1 Å². The Morgan fingerprint density at radius 2 is 1.95 bits per heavy atom. The van der Waals surface area contributed by atoms with Crippen LogP contribution in [0, 0.1) is 6.92 Å². The fourth-order valence-electron chi connectivity index (χ4n) is 2.51. The van der Waals surface area contributed by atoms with E-state index in [1.807, 2.05) is 0 Å². The van der Waals surface area contributed by atoms with Crippen LogP contribution in [0.4, 0.5) is 0 Å². The molecule has 1 heterocycles. The Morgan fingerprint density at radius 3 is 2.75 bits per heavy atom. The van der Waals surface area contributed by atoms with Crippen LogP contribution in [0.5, 0.6) is 0 Å². The van der Waals surface area contributed by atoms with Gasteiger partial charge in [0.05, 0.1) is 0 Å². The maximum Gasteiger partial charge on any atom is 0.0488 e. The minimum absolute atomic E-state index is 0.0409. The van der Waals surface area contributed by atoms with Crippen molar-refractivity contribution < 1.29 is 0 Å². The Morgan fingerprint density at radius 1 is 1.15 bits per heavy atom. The molecule has 0 spiro atoms. The Hall–Kier alpha value is -1.16. The predicted molar refractivity (Wildman–Crippen MR) is 91.3 cm³/mol. The van der Waals surface area contributed by atoms with Crippen molar-refractivity contribution in [1.82, 2.24) is 0 Å². The first-order valence-electron chi connectivity index (χ1n) is 6.62. The Kier molecular flexibility index (Phi) is 3.92. The van der Waals surface area contributed by atoms with Gasteiger partial charge in [0.25, 0.3) is 0 Å². The van der Waals surface area contributed by atoms with E-state index in [4.69, 9.17) is 5.73 Å². The van der Waals surface area contributed by atoms with Crippen LogP contribution in [0.1, 0.15) is 22.7 Å². The third-order valence-electron chi connectivity index (χ3n) is 3.68. The van der Waals surface area contributed by atoms with Gasteiger partial charge in [0, 0.05) is 15.2 Å². The van der Waals surface area contributed by atoms with Gasteiger partial charge in [-0.25, -0.2) is 0 Å². The van der Waals surface area contributed by atoms with Gasteiger partial charge in [-0.3, -0.25) is 0 Å². The molecule has 0 fully saturated rings. The van der Waals surface area contributed by atoms with E-state index in [1.54, 1.807) is 11.3 Å². The fourth-order valence-corrected chi connectivity index (χ4v) is 4.20. The van der Waals surface area contributed by atoms with Gasteiger partial charge in [-0.05, 0) is 62.8 Å². The zero-order valence-electron chi connectivity index (χ0n) is 11.3. The highest BCUT2D eigenvalue weighted by Crippen LogP contribution is 2.35. The second-order valence-corrected chi connectivity index (χ2v) is 6.78. The van der Waals surface area contributed by atoms with Crippen molar-refractivity contribution in [2.24, 2.45) is 5.73 Å². The van der Waals surface area contributed by atoms with Gasteiger partial charge in [0.15, 0.2) is 0 Å². The first kappa shape index (κ1) is 13.8. The first-order valence-corrected chi connectivity index (χ1v) is 8.30. The zero-order valence-corrected chi connectivity index (χ0v) is 13.7. The molecule has 1 unspecified atom stereocenters. The topological polar surface area (TPSA) is 26.0 Å². The van der Waals surface area contributed by atoms with Crippen LogP contribution in [0.3, 0.4) is 0 Å². The molecule has 102 valence electrons. The van der Waals surface area contributed by atoms with Crippen molar-refractivity contribution in [3.63, 3.8) is 0 Å². The Balaban J connectivity index is 1.95. The number of rotatable bonds is 3. The van der Waals surface area contributed by atoms with E-state index in [9.17, 15) is 0 Å². The van der Waals surface area contributed by atoms with Gasteiger partial charge in [-0.1, -0.05) is 36.4 Å². The molecule has 0 aliphatic rings. The van der Waals surface area contributed by atoms with E-state index < -0.39 is 0 Å². The molecule has 1 nitrogen and oxygen atoms in total. The maximum absolute atomic E-state index is 6.45. The molecule has 0 saturated heterocycles. The Bertz CT molecular complexity index is 748. The molecule has 2 N–H and O–H groups in total. The van der Waals surface area contributed by atoms with Gasteiger partial charge in [0.2, 0.25) is 0 Å². The fraction of sp³-hybridized carbons (Fsp3) is 0.176.